The van der Waals surface area contributed by atoms with Crippen molar-refractivity contribution < 1.29 is 18.3 Å². The molecule has 1 aromatic heterocycles. The van der Waals surface area contributed by atoms with E-state index < -0.39 is 12.0 Å². The molecule has 0 amide bonds. The number of rotatable bonds is 5. The molecule has 0 N–H and O–H groups in total. The Balaban J connectivity index is 2.08. The van der Waals surface area contributed by atoms with Crippen LogP contribution in [0.25, 0.3) is 11.4 Å². The maximum atomic E-state index is 12.3. The Hall–Kier alpha value is -2.34. The lowest BCUT2D eigenvalue weighted by Crippen LogP contribution is -2.10. The average molecular weight is 353 g/mol. The molecule has 0 unspecified atom stereocenters. The van der Waals surface area contributed by atoms with Gasteiger partial charge in [-0.05, 0) is 43.7 Å². The number of hydrogen-bond acceptors (Lipinski definition) is 4. The number of benzene rings is 1. The number of carbonyl (C=O) groups is 1. The minimum absolute atomic E-state index is 0.0170. The van der Waals surface area contributed by atoms with Crippen LogP contribution in [0, 0.1) is 6.92 Å². The zero-order valence-electron chi connectivity index (χ0n) is 13.1. The molecule has 0 spiro atoms. The molecule has 0 aliphatic heterocycles. The van der Waals surface area contributed by atoms with E-state index in [9.17, 15) is 13.6 Å². The van der Waals surface area contributed by atoms with Crippen molar-refractivity contribution in [2.75, 3.05) is 6.61 Å². The number of aromatic nitrogens is 2. The van der Waals surface area contributed by atoms with Crippen molar-refractivity contribution in [3.63, 3.8) is 0 Å². The van der Waals surface area contributed by atoms with Gasteiger partial charge in [0.1, 0.15) is 0 Å². The van der Waals surface area contributed by atoms with Gasteiger partial charge in [-0.15, -0.1) is 0 Å². The molecule has 0 saturated heterocycles. The van der Waals surface area contributed by atoms with Crippen molar-refractivity contribution in [1.82, 2.24) is 9.97 Å². The van der Waals surface area contributed by atoms with Crippen molar-refractivity contribution in [2.24, 2.45) is 0 Å². The van der Waals surface area contributed by atoms with Crippen LogP contribution in [0.2, 0.25) is 5.02 Å². The number of ether oxygens (including phenoxy) is 1. The molecule has 1 heterocycles. The molecule has 0 aliphatic rings. The van der Waals surface area contributed by atoms with Crippen molar-refractivity contribution in [2.45, 2.75) is 20.3 Å². The average Bonchev–Trinajstić information content (AvgIpc) is 2.55. The number of halogens is 3. The second-order valence-corrected chi connectivity index (χ2v) is 5.56. The van der Waals surface area contributed by atoms with E-state index in [1.54, 1.807) is 31.2 Å². The van der Waals surface area contributed by atoms with E-state index in [2.05, 4.69) is 9.97 Å². The normalized spacial score (nSPS) is 10.4. The Morgan fingerprint density at radius 2 is 1.92 bits per heavy atom. The summed E-state index contributed by atoms with van der Waals surface area (Å²) in [4.78, 5) is 20.4. The fourth-order valence-electron chi connectivity index (χ4n) is 1.87. The molecule has 126 valence electrons. The van der Waals surface area contributed by atoms with E-state index in [1.807, 2.05) is 0 Å². The van der Waals surface area contributed by atoms with Gasteiger partial charge >= 0.3 is 5.97 Å². The molecule has 4 nitrogen and oxygen atoms in total. The lowest BCUT2D eigenvalue weighted by Gasteiger charge is -2.08. The maximum absolute atomic E-state index is 12.3. The second-order valence-electron chi connectivity index (χ2n) is 5.13. The van der Waals surface area contributed by atoms with Gasteiger partial charge in [-0.3, -0.25) is 0 Å². The molecule has 2 aromatic rings. The van der Waals surface area contributed by atoms with Crippen molar-refractivity contribution in [1.29, 1.82) is 0 Å². The highest BCUT2D eigenvalue weighted by Crippen LogP contribution is 2.19. The summed E-state index contributed by atoms with van der Waals surface area (Å²) in [6.07, 6.45) is -0.401. The van der Waals surface area contributed by atoms with Gasteiger partial charge in [-0.25, -0.2) is 14.8 Å². The highest BCUT2D eigenvalue weighted by atomic mass is 35.5. The number of aryl methyl sites for hydroxylation is 1. The van der Waals surface area contributed by atoms with E-state index >= 15 is 0 Å². The van der Waals surface area contributed by atoms with Crippen molar-refractivity contribution in [3.8, 4) is 11.4 Å². The van der Waals surface area contributed by atoms with Crippen molar-refractivity contribution in [3.05, 3.63) is 58.4 Å². The number of hydrogen-bond donors (Lipinski definition) is 0. The van der Waals surface area contributed by atoms with Gasteiger partial charge in [0.2, 0.25) is 0 Å². The molecular weight excluding hydrogens is 338 g/mol. The summed E-state index contributed by atoms with van der Waals surface area (Å²) < 4.78 is 29.5. The van der Waals surface area contributed by atoms with Crippen LogP contribution >= 0.6 is 11.6 Å². The Bertz CT molecular complexity index is 773. The van der Waals surface area contributed by atoms with E-state index in [1.165, 1.54) is 13.1 Å². The van der Waals surface area contributed by atoms with Crippen LogP contribution in [0.15, 0.2) is 42.1 Å². The molecule has 0 radical (unpaired) electrons. The predicted octanol–water partition coefficient (Wildman–Crippen LogP) is 4.82. The van der Waals surface area contributed by atoms with Gasteiger partial charge in [0.05, 0.1) is 17.9 Å². The summed E-state index contributed by atoms with van der Waals surface area (Å²) in [5.41, 5.74) is 1.31. The second kappa shape index (κ2) is 7.97. The summed E-state index contributed by atoms with van der Waals surface area (Å²) in [6, 6.07) is 6.99. The lowest BCUT2D eigenvalue weighted by molar-refractivity contribution is 0.0506. The van der Waals surface area contributed by atoms with E-state index in [4.69, 9.17) is 16.3 Å². The largest absolute Gasteiger partial charge is 0.462 e. The van der Waals surface area contributed by atoms with Crippen LogP contribution in [0.1, 0.15) is 29.4 Å². The topological polar surface area (TPSA) is 52.1 Å². The van der Waals surface area contributed by atoms with Gasteiger partial charge in [0.25, 0.3) is 6.08 Å². The SMILES string of the molecule is CC(CCOC(=O)c1cnc(-c2ccc(Cl)cc2)nc1C)=C(F)F. The molecule has 1 aromatic carbocycles. The zero-order valence-corrected chi connectivity index (χ0v) is 13.9. The van der Waals surface area contributed by atoms with Gasteiger partial charge in [0, 0.05) is 23.2 Å². The number of carbonyl (C=O) groups excluding carboxylic acids is 1. The van der Waals surface area contributed by atoms with E-state index in [0.717, 1.165) is 5.56 Å². The van der Waals surface area contributed by atoms with E-state index in [0.29, 0.717) is 16.5 Å². The molecule has 24 heavy (non-hydrogen) atoms. The Labute approximate surface area is 143 Å². The molecule has 7 heteroatoms. The lowest BCUT2D eigenvalue weighted by atomic mass is 10.2. The molecule has 0 saturated carbocycles. The van der Waals surface area contributed by atoms with Crippen LogP contribution in [0.3, 0.4) is 0 Å². The standard InChI is InChI=1S/C17H15ClF2N2O2/c1-10(15(19)20)7-8-24-17(23)14-9-21-16(22-11(14)2)12-3-5-13(18)6-4-12/h3-6,9H,7-8H2,1-2H3. The summed E-state index contributed by atoms with van der Waals surface area (Å²) in [5, 5.41) is 0.602. The van der Waals surface area contributed by atoms with Gasteiger partial charge in [-0.1, -0.05) is 11.6 Å². The monoisotopic (exact) mass is 352 g/mol. The van der Waals surface area contributed by atoms with Crippen LogP contribution in [-0.2, 0) is 4.74 Å². The minimum Gasteiger partial charge on any atom is -0.462 e. The van der Waals surface area contributed by atoms with E-state index in [-0.39, 0.29) is 24.2 Å². The number of esters is 1. The first-order valence-electron chi connectivity index (χ1n) is 7.16. The smallest absolute Gasteiger partial charge is 0.341 e. The summed E-state index contributed by atoms with van der Waals surface area (Å²) in [7, 11) is 0. The molecule has 0 aliphatic carbocycles. The fraction of sp³-hybridized carbons (Fsp3) is 0.235. The first-order valence-corrected chi connectivity index (χ1v) is 7.53. The first-order chi connectivity index (χ1) is 11.4. The van der Waals surface area contributed by atoms with Crippen LogP contribution in [-0.4, -0.2) is 22.5 Å². The van der Waals surface area contributed by atoms with Crippen LogP contribution in [0.5, 0.6) is 0 Å². The van der Waals surface area contributed by atoms with Gasteiger partial charge < -0.3 is 4.74 Å². The maximum Gasteiger partial charge on any atom is 0.341 e. The third-order valence-corrected chi connectivity index (χ3v) is 3.59. The first kappa shape index (κ1) is 18.0. The zero-order chi connectivity index (χ0) is 17.7. The summed E-state index contributed by atoms with van der Waals surface area (Å²) in [5.74, 6) is -0.179. The Kier molecular flexibility index (Phi) is 5.98. The number of nitrogens with zero attached hydrogens (tertiary/aromatic N) is 2. The Morgan fingerprint density at radius 3 is 2.50 bits per heavy atom. The molecule has 0 bridgehead atoms. The fourth-order valence-corrected chi connectivity index (χ4v) is 2.00. The summed E-state index contributed by atoms with van der Waals surface area (Å²) >= 11 is 5.84. The highest BCUT2D eigenvalue weighted by Gasteiger charge is 2.14. The van der Waals surface area contributed by atoms with Crippen molar-refractivity contribution >= 4 is 17.6 Å². The predicted molar refractivity (Wildman–Crippen MR) is 87.0 cm³/mol. The third-order valence-electron chi connectivity index (χ3n) is 3.33. The molecule has 0 atom stereocenters. The molecule has 2 rings (SSSR count). The van der Waals surface area contributed by atoms with Crippen LogP contribution in [0.4, 0.5) is 8.78 Å². The van der Waals surface area contributed by atoms with Gasteiger partial charge in [0.15, 0.2) is 5.82 Å². The van der Waals surface area contributed by atoms with Gasteiger partial charge in [-0.2, -0.15) is 8.78 Å². The highest BCUT2D eigenvalue weighted by molar-refractivity contribution is 6.30. The molecule has 0 fully saturated rings. The summed E-state index contributed by atoms with van der Waals surface area (Å²) in [6.45, 7) is 2.82. The molecular formula is C17H15ClF2N2O2. The third kappa shape index (κ3) is 4.58. The minimum atomic E-state index is -1.75. The quantitative estimate of drug-likeness (QED) is 0.724. The Morgan fingerprint density at radius 1 is 1.25 bits per heavy atom. The van der Waals surface area contributed by atoms with Crippen LogP contribution < -0.4 is 0 Å².